The third-order valence-electron chi connectivity index (χ3n) is 10.3. The van der Waals surface area contributed by atoms with Crippen molar-refractivity contribution in [2.75, 3.05) is 26.7 Å². The maximum atomic E-state index is 14.3. The van der Waals surface area contributed by atoms with E-state index in [1.54, 1.807) is 0 Å². The number of alkyl carbamates (subject to hydrolysis) is 1. The summed E-state index contributed by atoms with van der Waals surface area (Å²) in [5.74, 6) is -2.37. The average molecular weight is 789 g/mol. The van der Waals surface area contributed by atoms with Crippen molar-refractivity contribution in [3.8, 4) is 11.1 Å². The highest BCUT2D eigenvalue weighted by Gasteiger charge is 2.33. The Morgan fingerprint density at radius 3 is 2.16 bits per heavy atom. The molecule has 7 N–H and O–H groups in total. The molecule has 4 aromatic carbocycles. The number of hydrogen-bond acceptors (Lipinski definition) is 8. The molecular weight excluding hydrogens is 741 g/mol. The lowest BCUT2D eigenvalue weighted by atomic mass is 9.98. The van der Waals surface area contributed by atoms with Gasteiger partial charge in [0.1, 0.15) is 18.7 Å². The largest absolute Gasteiger partial charge is 0.449 e. The van der Waals surface area contributed by atoms with Crippen LogP contribution in [0.25, 0.3) is 21.9 Å². The minimum atomic E-state index is -1.06. The van der Waals surface area contributed by atoms with Crippen LogP contribution in [0, 0.1) is 0 Å². The summed E-state index contributed by atoms with van der Waals surface area (Å²) >= 11 is 1.49. The number of likely N-dealkylation sites (N-methyl/N-ethyl adjacent to an activating group) is 1. The van der Waals surface area contributed by atoms with Crippen LogP contribution in [-0.4, -0.2) is 79.5 Å². The van der Waals surface area contributed by atoms with Gasteiger partial charge in [0.25, 0.3) is 0 Å². The van der Waals surface area contributed by atoms with Crippen molar-refractivity contribution in [1.82, 2.24) is 20.9 Å². The van der Waals surface area contributed by atoms with E-state index in [9.17, 15) is 24.0 Å². The summed E-state index contributed by atoms with van der Waals surface area (Å²) in [4.78, 5) is 67.8. The van der Waals surface area contributed by atoms with Gasteiger partial charge in [0.05, 0.1) is 12.6 Å². The van der Waals surface area contributed by atoms with E-state index in [0.29, 0.717) is 19.3 Å². The van der Waals surface area contributed by atoms with Gasteiger partial charge in [-0.15, -0.1) is 11.3 Å². The van der Waals surface area contributed by atoms with E-state index in [2.05, 4.69) is 40.2 Å². The molecule has 13 heteroatoms. The third-order valence-corrected chi connectivity index (χ3v) is 11.2. The van der Waals surface area contributed by atoms with E-state index in [-0.39, 0.29) is 31.9 Å². The number of rotatable bonds is 18. The highest BCUT2D eigenvalue weighted by atomic mass is 32.1. The molecule has 0 radical (unpaired) electrons. The summed E-state index contributed by atoms with van der Waals surface area (Å²) in [7, 11) is 1.50. The number of nitrogens with zero attached hydrogens (tertiary/aromatic N) is 1. The van der Waals surface area contributed by atoms with Crippen molar-refractivity contribution >= 4 is 51.8 Å². The molecule has 0 aliphatic heterocycles. The second-order valence-electron chi connectivity index (χ2n) is 14.2. The lowest BCUT2D eigenvalue weighted by molar-refractivity contribution is -0.142. The molecule has 6 rings (SSSR count). The topological polar surface area (TPSA) is 186 Å². The number of carbonyl (C=O) groups excluding carboxylic acids is 5. The number of amides is 5. The summed E-state index contributed by atoms with van der Waals surface area (Å²) in [5.41, 5.74) is 16.9. The number of thiophene rings is 1. The zero-order valence-corrected chi connectivity index (χ0v) is 32.6. The van der Waals surface area contributed by atoms with Gasteiger partial charge in [0.2, 0.25) is 23.6 Å². The quantitative estimate of drug-likeness (QED) is 0.0801. The molecule has 0 spiro atoms. The monoisotopic (exact) mass is 788 g/mol. The van der Waals surface area contributed by atoms with Crippen LogP contribution >= 0.6 is 11.3 Å². The lowest BCUT2D eigenvalue weighted by Crippen LogP contribution is -2.57. The molecule has 0 unspecified atom stereocenters. The Morgan fingerprint density at radius 1 is 0.789 bits per heavy atom. The van der Waals surface area contributed by atoms with Crippen molar-refractivity contribution in [2.45, 2.75) is 56.1 Å². The first-order chi connectivity index (χ1) is 27.6. The molecule has 5 aromatic rings. The molecular formula is C44H48N6O6S. The minimum absolute atomic E-state index is 0.0672. The molecule has 1 aliphatic rings. The van der Waals surface area contributed by atoms with Gasteiger partial charge in [-0.25, -0.2) is 4.79 Å². The van der Waals surface area contributed by atoms with Gasteiger partial charge >= 0.3 is 6.09 Å². The predicted octanol–water partition coefficient (Wildman–Crippen LogP) is 4.64. The van der Waals surface area contributed by atoms with Crippen molar-refractivity contribution < 1.29 is 28.7 Å². The normalized spacial score (nSPS) is 13.4. The first-order valence-corrected chi connectivity index (χ1v) is 19.9. The minimum Gasteiger partial charge on any atom is -0.449 e. The van der Waals surface area contributed by atoms with Crippen LogP contribution in [0.15, 0.2) is 109 Å². The Bertz CT molecular complexity index is 2160. The van der Waals surface area contributed by atoms with Gasteiger partial charge < -0.3 is 37.1 Å². The summed E-state index contributed by atoms with van der Waals surface area (Å²) < 4.78 is 5.65. The summed E-state index contributed by atoms with van der Waals surface area (Å²) in [6, 6.07) is 30.7. The van der Waals surface area contributed by atoms with E-state index >= 15 is 0 Å². The van der Waals surface area contributed by atoms with E-state index in [1.807, 2.05) is 84.2 Å². The molecule has 0 saturated carbocycles. The highest BCUT2D eigenvalue weighted by molar-refractivity contribution is 7.09. The Labute approximate surface area is 335 Å². The fourth-order valence-corrected chi connectivity index (χ4v) is 8.08. The standard InChI is InChI=1S/C44H48N6O6S/c1-50(43(54)38(49-41(52)37(45)25-31-13-10-22-57-31)24-28-19-20-29-11-2-3-12-30(29)23-28)39(42(53)48-26-40(46)51)18-8-9-21-47-44(55)56-27-36-34-16-6-4-14-32(34)33-15-5-7-17-35(33)36/h2-7,10-17,19-20,22-23,36-39H,8-9,18,21,24-27,45H2,1H3,(H2,46,51)(H,47,55)(H,48,53)(H,49,52)/t37-,38-,39+/m0/s1. The molecule has 1 aliphatic carbocycles. The Kier molecular flexibility index (Phi) is 13.7. The number of primary amides is 1. The molecule has 57 heavy (non-hydrogen) atoms. The number of nitrogens with two attached hydrogens (primary N) is 2. The van der Waals surface area contributed by atoms with E-state index in [1.165, 1.54) is 23.3 Å². The summed E-state index contributed by atoms with van der Waals surface area (Å²) in [6.07, 6.45) is 1.01. The lowest BCUT2D eigenvalue weighted by Gasteiger charge is -2.31. The van der Waals surface area contributed by atoms with E-state index in [0.717, 1.165) is 43.5 Å². The van der Waals surface area contributed by atoms with Crippen molar-refractivity contribution in [1.29, 1.82) is 0 Å². The SMILES string of the molecule is CN(C(=O)[C@H](Cc1ccc2ccccc2c1)NC(=O)[C@@H](N)Cc1cccs1)[C@H](CCCCNC(=O)OCC1c2ccccc2-c2ccccc21)C(=O)NCC(N)=O. The van der Waals surface area contributed by atoms with Gasteiger partial charge in [0.15, 0.2) is 0 Å². The van der Waals surface area contributed by atoms with Crippen molar-refractivity contribution in [2.24, 2.45) is 11.5 Å². The number of unbranched alkanes of at least 4 members (excludes halogenated alkanes) is 1. The summed E-state index contributed by atoms with van der Waals surface area (Å²) in [6.45, 7) is 0.0486. The number of benzene rings is 4. The maximum absolute atomic E-state index is 14.3. The Hall–Kier alpha value is -6.05. The first kappa shape index (κ1) is 40.6. The zero-order chi connectivity index (χ0) is 40.3. The van der Waals surface area contributed by atoms with E-state index in [4.69, 9.17) is 16.2 Å². The number of carbonyl (C=O) groups is 5. The van der Waals surface area contributed by atoms with Crippen LogP contribution in [0.5, 0.6) is 0 Å². The van der Waals surface area contributed by atoms with Crippen LogP contribution in [0.3, 0.4) is 0 Å². The van der Waals surface area contributed by atoms with Crippen LogP contribution in [0.4, 0.5) is 4.79 Å². The first-order valence-electron chi connectivity index (χ1n) is 19.1. The molecule has 0 bridgehead atoms. The molecule has 1 heterocycles. The second-order valence-corrected chi connectivity index (χ2v) is 15.3. The number of hydrogen-bond donors (Lipinski definition) is 5. The van der Waals surface area contributed by atoms with Gasteiger partial charge in [-0.3, -0.25) is 19.2 Å². The van der Waals surface area contributed by atoms with Crippen LogP contribution < -0.4 is 27.4 Å². The van der Waals surface area contributed by atoms with Crippen LogP contribution in [0.1, 0.15) is 46.7 Å². The Balaban J connectivity index is 1.08. The van der Waals surface area contributed by atoms with Gasteiger partial charge in [0, 0.05) is 37.2 Å². The fourth-order valence-electron chi connectivity index (χ4n) is 7.31. The molecule has 12 nitrogen and oxygen atoms in total. The van der Waals surface area contributed by atoms with Gasteiger partial charge in [-0.05, 0) is 69.3 Å². The van der Waals surface area contributed by atoms with Gasteiger partial charge in [-0.2, -0.15) is 0 Å². The summed E-state index contributed by atoms with van der Waals surface area (Å²) in [5, 5.41) is 12.1. The predicted molar refractivity (Wildman–Crippen MR) is 221 cm³/mol. The molecule has 0 saturated heterocycles. The molecule has 5 amide bonds. The fraction of sp³-hybridized carbons (Fsp3) is 0.295. The van der Waals surface area contributed by atoms with Gasteiger partial charge in [-0.1, -0.05) is 97.1 Å². The average Bonchev–Trinajstić information content (AvgIpc) is 3.85. The smallest absolute Gasteiger partial charge is 0.407 e. The number of ether oxygens (including phenoxy) is 1. The zero-order valence-electron chi connectivity index (χ0n) is 31.8. The van der Waals surface area contributed by atoms with Crippen LogP contribution in [0.2, 0.25) is 0 Å². The second kappa shape index (κ2) is 19.2. The van der Waals surface area contributed by atoms with Crippen molar-refractivity contribution in [3.05, 3.63) is 130 Å². The third kappa shape index (κ3) is 10.4. The highest BCUT2D eigenvalue weighted by Crippen LogP contribution is 2.44. The van der Waals surface area contributed by atoms with E-state index < -0.39 is 54.4 Å². The van der Waals surface area contributed by atoms with Crippen molar-refractivity contribution in [3.63, 3.8) is 0 Å². The number of nitrogens with one attached hydrogen (secondary N) is 3. The molecule has 0 fully saturated rings. The van der Waals surface area contributed by atoms with Crippen LogP contribution in [-0.2, 0) is 36.8 Å². The molecule has 1 aromatic heterocycles. The Morgan fingerprint density at radius 2 is 1.47 bits per heavy atom. The maximum Gasteiger partial charge on any atom is 0.407 e. The molecule has 296 valence electrons. The molecule has 3 atom stereocenters. The number of fused-ring (bicyclic) bond motifs is 4.